The van der Waals surface area contributed by atoms with Gasteiger partial charge in [0.1, 0.15) is 0 Å². The second-order valence-corrected chi connectivity index (χ2v) is 4.07. The average Bonchev–Trinajstić information content (AvgIpc) is 2.40. The third-order valence-electron chi connectivity index (χ3n) is 2.92. The van der Waals surface area contributed by atoms with Crippen LogP contribution < -0.4 is 5.73 Å². The van der Waals surface area contributed by atoms with Crippen molar-refractivity contribution in [3.8, 4) is 0 Å². The van der Waals surface area contributed by atoms with Crippen molar-refractivity contribution in [2.45, 2.75) is 6.04 Å². The number of aliphatic hydroxyl groups excluding tert-OH is 1. The van der Waals surface area contributed by atoms with E-state index in [4.69, 9.17) is 10.8 Å². The standard InChI is InChI=1S/C13H20N2O3/c1-15(7-8-16)12(9-14)10-3-5-11(6-4-10)13(17)18-2/h3-6,12,16H,7-9,14H2,1-2H3. The zero-order valence-electron chi connectivity index (χ0n) is 10.8. The van der Waals surface area contributed by atoms with Gasteiger partial charge in [-0.1, -0.05) is 12.1 Å². The van der Waals surface area contributed by atoms with E-state index < -0.39 is 0 Å². The Bertz CT molecular complexity index is 378. The molecule has 1 aromatic carbocycles. The summed E-state index contributed by atoms with van der Waals surface area (Å²) in [6.07, 6.45) is 0. The van der Waals surface area contributed by atoms with Gasteiger partial charge in [0.05, 0.1) is 19.3 Å². The highest BCUT2D eigenvalue weighted by atomic mass is 16.5. The monoisotopic (exact) mass is 252 g/mol. The molecule has 0 amide bonds. The molecule has 0 radical (unpaired) electrons. The number of benzene rings is 1. The number of ether oxygens (including phenoxy) is 1. The van der Waals surface area contributed by atoms with Gasteiger partial charge in [0, 0.05) is 19.1 Å². The lowest BCUT2D eigenvalue weighted by Crippen LogP contribution is -2.32. The Kier molecular flexibility index (Phi) is 5.77. The molecule has 0 fully saturated rings. The van der Waals surface area contributed by atoms with Crippen LogP contribution in [0.5, 0.6) is 0 Å². The average molecular weight is 252 g/mol. The fraction of sp³-hybridized carbons (Fsp3) is 0.462. The van der Waals surface area contributed by atoms with Gasteiger partial charge in [0.2, 0.25) is 0 Å². The van der Waals surface area contributed by atoms with E-state index in [0.717, 1.165) is 5.56 Å². The Morgan fingerprint density at radius 1 is 1.44 bits per heavy atom. The van der Waals surface area contributed by atoms with Crippen molar-refractivity contribution in [3.05, 3.63) is 35.4 Å². The van der Waals surface area contributed by atoms with E-state index in [9.17, 15) is 4.79 Å². The molecule has 1 aromatic rings. The van der Waals surface area contributed by atoms with E-state index in [0.29, 0.717) is 18.7 Å². The molecule has 0 aliphatic carbocycles. The lowest BCUT2D eigenvalue weighted by Gasteiger charge is -2.26. The van der Waals surface area contributed by atoms with Gasteiger partial charge >= 0.3 is 5.97 Å². The predicted molar refractivity (Wildman–Crippen MR) is 69.3 cm³/mol. The molecule has 5 nitrogen and oxygen atoms in total. The number of methoxy groups -OCH3 is 1. The Morgan fingerprint density at radius 2 is 2.06 bits per heavy atom. The molecular weight excluding hydrogens is 232 g/mol. The molecule has 0 aliphatic rings. The second kappa shape index (κ2) is 7.10. The number of carbonyl (C=O) groups excluding carboxylic acids is 1. The summed E-state index contributed by atoms with van der Waals surface area (Å²) in [6.45, 7) is 1.10. The molecular formula is C13H20N2O3. The summed E-state index contributed by atoms with van der Waals surface area (Å²) >= 11 is 0. The minimum atomic E-state index is -0.352. The van der Waals surface area contributed by atoms with Crippen LogP contribution >= 0.6 is 0 Å². The Morgan fingerprint density at radius 3 is 2.50 bits per heavy atom. The molecule has 1 unspecified atom stereocenters. The van der Waals surface area contributed by atoms with Crippen molar-refractivity contribution in [2.75, 3.05) is 33.9 Å². The summed E-state index contributed by atoms with van der Waals surface area (Å²) < 4.78 is 4.64. The number of hydrogen-bond acceptors (Lipinski definition) is 5. The number of esters is 1. The van der Waals surface area contributed by atoms with Crippen molar-refractivity contribution in [1.82, 2.24) is 4.90 Å². The van der Waals surface area contributed by atoms with E-state index in [-0.39, 0.29) is 18.6 Å². The van der Waals surface area contributed by atoms with Gasteiger partial charge in [-0.15, -0.1) is 0 Å². The summed E-state index contributed by atoms with van der Waals surface area (Å²) in [6, 6.07) is 7.19. The van der Waals surface area contributed by atoms with Crippen LogP contribution in [0.15, 0.2) is 24.3 Å². The minimum absolute atomic E-state index is 0.0313. The van der Waals surface area contributed by atoms with Gasteiger partial charge in [-0.3, -0.25) is 4.90 Å². The Labute approximate surface area is 107 Å². The van der Waals surface area contributed by atoms with Crippen molar-refractivity contribution in [1.29, 1.82) is 0 Å². The Balaban J connectivity index is 2.84. The number of hydrogen-bond donors (Lipinski definition) is 2. The van der Waals surface area contributed by atoms with Gasteiger partial charge < -0.3 is 15.6 Å². The van der Waals surface area contributed by atoms with E-state index in [2.05, 4.69) is 4.74 Å². The normalized spacial score (nSPS) is 12.5. The molecule has 3 N–H and O–H groups in total. The summed E-state index contributed by atoms with van der Waals surface area (Å²) in [5, 5.41) is 8.93. The first kappa shape index (κ1) is 14.6. The van der Waals surface area contributed by atoms with Crippen LogP contribution in [0.2, 0.25) is 0 Å². The molecule has 18 heavy (non-hydrogen) atoms. The highest BCUT2D eigenvalue weighted by Crippen LogP contribution is 2.18. The molecule has 0 aliphatic heterocycles. The first-order chi connectivity index (χ1) is 8.63. The van der Waals surface area contributed by atoms with Crippen LogP contribution in [0.1, 0.15) is 22.0 Å². The van der Waals surface area contributed by atoms with E-state index in [1.54, 1.807) is 12.1 Å². The first-order valence-corrected chi connectivity index (χ1v) is 5.83. The van der Waals surface area contributed by atoms with E-state index in [1.165, 1.54) is 7.11 Å². The lowest BCUT2D eigenvalue weighted by molar-refractivity contribution is 0.0600. The van der Waals surface area contributed by atoms with Crippen LogP contribution in [0.3, 0.4) is 0 Å². The fourth-order valence-corrected chi connectivity index (χ4v) is 1.84. The lowest BCUT2D eigenvalue weighted by atomic mass is 10.0. The highest BCUT2D eigenvalue weighted by molar-refractivity contribution is 5.89. The number of rotatable bonds is 6. The number of likely N-dealkylation sites (N-methyl/N-ethyl adjacent to an activating group) is 1. The number of nitrogens with two attached hydrogens (primary N) is 1. The molecule has 1 atom stereocenters. The maximum absolute atomic E-state index is 11.3. The summed E-state index contributed by atoms with van der Waals surface area (Å²) in [4.78, 5) is 13.3. The van der Waals surface area contributed by atoms with Crippen molar-refractivity contribution in [2.24, 2.45) is 5.73 Å². The summed E-state index contributed by atoms with van der Waals surface area (Å²) in [5.74, 6) is -0.352. The first-order valence-electron chi connectivity index (χ1n) is 5.83. The molecule has 0 bridgehead atoms. The quantitative estimate of drug-likeness (QED) is 0.717. The third-order valence-corrected chi connectivity index (χ3v) is 2.92. The second-order valence-electron chi connectivity index (χ2n) is 4.07. The molecule has 0 saturated carbocycles. The summed E-state index contributed by atoms with van der Waals surface area (Å²) in [7, 11) is 3.26. The van der Waals surface area contributed by atoms with E-state index >= 15 is 0 Å². The predicted octanol–water partition coefficient (Wildman–Crippen LogP) is 0.397. The SMILES string of the molecule is COC(=O)c1ccc(C(CN)N(C)CCO)cc1. The molecule has 0 heterocycles. The minimum Gasteiger partial charge on any atom is -0.465 e. The van der Waals surface area contributed by atoms with Gasteiger partial charge in [0.15, 0.2) is 0 Å². The smallest absolute Gasteiger partial charge is 0.337 e. The molecule has 1 rings (SSSR count). The molecule has 0 aromatic heterocycles. The van der Waals surface area contributed by atoms with Crippen LogP contribution in [0, 0.1) is 0 Å². The van der Waals surface area contributed by atoms with Crippen LogP contribution in [0.4, 0.5) is 0 Å². The summed E-state index contributed by atoms with van der Waals surface area (Å²) in [5.41, 5.74) is 7.28. The van der Waals surface area contributed by atoms with Gasteiger partial charge in [-0.2, -0.15) is 0 Å². The van der Waals surface area contributed by atoms with Gasteiger partial charge in [-0.25, -0.2) is 4.79 Å². The molecule has 100 valence electrons. The van der Waals surface area contributed by atoms with Crippen LogP contribution in [-0.4, -0.2) is 49.8 Å². The zero-order chi connectivity index (χ0) is 13.5. The molecule has 5 heteroatoms. The van der Waals surface area contributed by atoms with Gasteiger partial charge in [-0.05, 0) is 24.7 Å². The van der Waals surface area contributed by atoms with Crippen LogP contribution in [0.25, 0.3) is 0 Å². The van der Waals surface area contributed by atoms with Crippen molar-refractivity contribution in [3.63, 3.8) is 0 Å². The van der Waals surface area contributed by atoms with Crippen molar-refractivity contribution < 1.29 is 14.6 Å². The molecule has 0 saturated heterocycles. The van der Waals surface area contributed by atoms with Gasteiger partial charge in [0.25, 0.3) is 0 Å². The fourth-order valence-electron chi connectivity index (χ4n) is 1.84. The number of aliphatic hydroxyl groups is 1. The zero-order valence-corrected chi connectivity index (χ0v) is 10.8. The maximum Gasteiger partial charge on any atom is 0.337 e. The Hall–Kier alpha value is -1.43. The van der Waals surface area contributed by atoms with E-state index in [1.807, 2.05) is 24.1 Å². The third kappa shape index (κ3) is 3.53. The largest absolute Gasteiger partial charge is 0.465 e. The van der Waals surface area contributed by atoms with Crippen molar-refractivity contribution >= 4 is 5.97 Å². The number of carbonyl (C=O) groups is 1. The highest BCUT2D eigenvalue weighted by Gasteiger charge is 2.15. The topological polar surface area (TPSA) is 75.8 Å². The van der Waals surface area contributed by atoms with Crippen LogP contribution in [-0.2, 0) is 4.74 Å². The molecule has 0 spiro atoms. The maximum atomic E-state index is 11.3. The number of nitrogens with zero attached hydrogens (tertiary/aromatic N) is 1.